The zero-order valence-electron chi connectivity index (χ0n) is 15.0. The Labute approximate surface area is 169 Å². The predicted octanol–water partition coefficient (Wildman–Crippen LogP) is 3.36. The maximum Gasteiger partial charge on any atom is 0.309 e. The molecule has 0 amide bonds. The van der Waals surface area contributed by atoms with Gasteiger partial charge in [-0.05, 0) is 54.8 Å². The van der Waals surface area contributed by atoms with E-state index < -0.39 is 10.0 Å². The second-order valence-corrected chi connectivity index (χ2v) is 8.92. The van der Waals surface area contributed by atoms with Crippen molar-refractivity contribution in [2.24, 2.45) is 5.92 Å². The van der Waals surface area contributed by atoms with Crippen LogP contribution in [0.1, 0.15) is 24.0 Å². The van der Waals surface area contributed by atoms with Crippen molar-refractivity contribution in [3.05, 3.63) is 64.7 Å². The summed E-state index contributed by atoms with van der Waals surface area (Å²) in [6.45, 7) is 0.664. The van der Waals surface area contributed by atoms with E-state index in [2.05, 4.69) is 0 Å². The molecular formula is C20H19ClN2O4S. The Balaban J connectivity index is 1.53. The molecule has 2 aromatic carbocycles. The number of esters is 1. The highest BCUT2D eigenvalue weighted by molar-refractivity contribution is 7.89. The smallest absolute Gasteiger partial charge is 0.309 e. The van der Waals surface area contributed by atoms with Gasteiger partial charge in [-0.15, -0.1) is 0 Å². The molecule has 28 heavy (non-hydrogen) atoms. The van der Waals surface area contributed by atoms with Crippen molar-refractivity contribution in [2.45, 2.75) is 24.3 Å². The average Bonchev–Trinajstić information content (AvgIpc) is 2.73. The molecule has 146 valence electrons. The summed E-state index contributed by atoms with van der Waals surface area (Å²) in [7, 11) is -3.59. The number of halogens is 1. The number of benzene rings is 2. The van der Waals surface area contributed by atoms with Crippen LogP contribution in [0.2, 0.25) is 5.02 Å². The Morgan fingerprint density at radius 1 is 1.11 bits per heavy atom. The molecule has 8 heteroatoms. The molecule has 0 spiro atoms. The van der Waals surface area contributed by atoms with Gasteiger partial charge in [-0.2, -0.15) is 9.57 Å². The lowest BCUT2D eigenvalue weighted by molar-refractivity contribution is -0.151. The van der Waals surface area contributed by atoms with E-state index >= 15 is 0 Å². The van der Waals surface area contributed by atoms with Crippen molar-refractivity contribution in [3.8, 4) is 6.07 Å². The standard InChI is InChI=1S/C20H19ClN2O4S/c21-18-5-7-19(8-6-18)28(25,26)23-11-9-17(10-12-23)20(24)27-14-16-3-1-15(13-22)2-4-16/h1-8,17H,9-12,14H2. The van der Waals surface area contributed by atoms with E-state index in [1.807, 2.05) is 6.07 Å². The van der Waals surface area contributed by atoms with Gasteiger partial charge in [-0.3, -0.25) is 4.79 Å². The van der Waals surface area contributed by atoms with Crippen LogP contribution in [-0.2, 0) is 26.2 Å². The molecule has 6 nitrogen and oxygen atoms in total. The van der Waals surface area contributed by atoms with Gasteiger partial charge in [0.2, 0.25) is 10.0 Å². The van der Waals surface area contributed by atoms with Gasteiger partial charge in [0.05, 0.1) is 22.4 Å². The summed E-state index contributed by atoms with van der Waals surface area (Å²) >= 11 is 5.82. The highest BCUT2D eigenvalue weighted by Gasteiger charge is 2.32. The van der Waals surface area contributed by atoms with Crippen LogP contribution >= 0.6 is 11.6 Å². The van der Waals surface area contributed by atoms with Crippen LogP contribution in [0.4, 0.5) is 0 Å². The van der Waals surface area contributed by atoms with Crippen LogP contribution < -0.4 is 0 Å². The Hall–Kier alpha value is -2.40. The molecule has 0 saturated carbocycles. The van der Waals surface area contributed by atoms with Gasteiger partial charge in [-0.1, -0.05) is 23.7 Å². The molecule has 1 aliphatic heterocycles. The molecule has 1 fully saturated rings. The summed E-state index contributed by atoms with van der Waals surface area (Å²) in [5.41, 5.74) is 1.35. The Bertz CT molecular complexity index is 974. The number of nitrogens with zero attached hydrogens (tertiary/aromatic N) is 2. The lowest BCUT2D eigenvalue weighted by atomic mass is 9.98. The third kappa shape index (κ3) is 4.71. The largest absolute Gasteiger partial charge is 0.461 e. The summed E-state index contributed by atoms with van der Waals surface area (Å²) in [4.78, 5) is 12.5. The topological polar surface area (TPSA) is 87.5 Å². The minimum absolute atomic E-state index is 0.133. The first-order chi connectivity index (χ1) is 13.4. The second-order valence-electron chi connectivity index (χ2n) is 6.55. The van der Waals surface area contributed by atoms with E-state index in [4.69, 9.17) is 21.6 Å². The van der Waals surface area contributed by atoms with Crippen molar-refractivity contribution in [2.75, 3.05) is 13.1 Å². The van der Waals surface area contributed by atoms with Crippen molar-refractivity contribution in [1.82, 2.24) is 4.31 Å². The van der Waals surface area contributed by atoms with E-state index in [1.54, 1.807) is 36.4 Å². The van der Waals surface area contributed by atoms with Crippen molar-refractivity contribution < 1.29 is 17.9 Å². The van der Waals surface area contributed by atoms with Crippen LogP contribution in [0.3, 0.4) is 0 Å². The van der Waals surface area contributed by atoms with Crippen molar-refractivity contribution in [3.63, 3.8) is 0 Å². The monoisotopic (exact) mass is 418 g/mol. The predicted molar refractivity (Wildman–Crippen MR) is 104 cm³/mol. The fraction of sp³-hybridized carbons (Fsp3) is 0.300. The molecule has 0 radical (unpaired) electrons. The molecule has 0 aromatic heterocycles. The normalized spacial score (nSPS) is 15.7. The number of hydrogen-bond acceptors (Lipinski definition) is 5. The van der Waals surface area contributed by atoms with Crippen LogP contribution in [0.25, 0.3) is 0 Å². The minimum Gasteiger partial charge on any atom is -0.461 e. The molecule has 1 aliphatic rings. The van der Waals surface area contributed by atoms with Gasteiger partial charge in [0, 0.05) is 18.1 Å². The third-order valence-electron chi connectivity index (χ3n) is 4.70. The zero-order valence-corrected chi connectivity index (χ0v) is 16.6. The van der Waals surface area contributed by atoms with E-state index in [0.717, 1.165) is 5.56 Å². The quantitative estimate of drug-likeness (QED) is 0.695. The van der Waals surface area contributed by atoms with Crippen LogP contribution in [0.5, 0.6) is 0 Å². The van der Waals surface area contributed by atoms with Crippen LogP contribution in [0.15, 0.2) is 53.4 Å². The maximum atomic E-state index is 12.7. The number of rotatable bonds is 5. The molecule has 0 aliphatic carbocycles. The van der Waals surface area contributed by atoms with E-state index in [-0.39, 0.29) is 36.5 Å². The van der Waals surface area contributed by atoms with Crippen molar-refractivity contribution >= 4 is 27.6 Å². The first-order valence-electron chi connectivity index (χ1n) is 8.81. The molecule has 1 saturated heterocycles. The van der Waals surface area contributed by atoms with Crippen LogP contribution in [-0.4, -0.2) is 31.8 Å². The first-order valence-corrected chi connectivity index (χ1v) is 10.6. The third-order valence-corrected chi connectivity index (χ3v) is 6.87. The number of piperidine rings is 1. The SMILES string of the molecule is N#Cc1ccc(COC(=O)C2CCN(S(=O)(=O)c3ccc(Cl)cc3)CC2)cc1. The zero-order chi connectivity index (χ0) is 20.1. The molecule has 3 rings (SSSR count). The maximum absolute atomic E-state index is 12.7. The summed E-state index contributed by atoms with van der Waals surface area (Å²) in [5.74, 6) is -0.650. The Kier molecular flexibility index (Phi) is 6.35. The molecule has 0 bridgehead atoms. The molecular weight excluding hydrogens is 400 g/mol. The molecule has 0 atom stereocenters. The second kappa shape index (κ2) is 8.74. The summed E-state index contributed by atoms with van der Waals surface area (Å²) in [6, 6.07) is 14.9. The lowest BCUT2D eigenvalue weighted by Gasteiger charge is -2.30. The fourth-order valence-electron chi connectivity index (χ4n) is 3.04. The highest BCUT2D eigenvalue weighted by Crippen LogP contribution is 2.25. The lowest BCUT2D eigenvalue weighted by Crippen LogP contribution is -2.40. The number of nitriles is 1. The summed E-state index contributed by atoms with van der Waals surface area (Å²) in [6.07, 6.45) is 0.831. The van der Waals surface area contributed by atoms with E-state index in [0.29, 0.717) is 23.4 Å². The van der Waals surface area contributed by atoms with E-state index in [1.165, 1.54) is 16.4 Å². The molecule has 1 heterocycles. The summed E-state index contributed by atoms with van der Waals surface area (Å²) < 4.78 is 32.1. The number of carbonyl (C=O) groups is 1. The molecule has 2 aromatic rings. The number of carbonyl (C=O) groups excluding carboxylic acids is 1. The highest BCUT2D eigenvalue weighted by atomic mass is 35.5. The van der Waals surface area contributed by atoms with Gasteiger partial charge in [0.25, 0.3) is 0 Å². The van der Waals surface area contributed by atoms with Gasteiger partial charge >= 0.3 is 5.97 Å². The van der Waals surface area contributed by atoms with Gasteiger partial charge in [0.1, 0.15) is 6.61 Å². The fourth-order valence-corrected chi connectivity index (χ4v) is 4.63. The summed E-state index contributed by atoms with van der Waals surface area (Å²) in [5, 5.41) is 9.27. The minimum atomic E-state index is -3.59. The Morgan fingerprint density at radius 3 is 2.29 bits per heavy atom. The number of sulfonamides is 1. The van der Waals surface area contributed by atoms with Crippen LogP contribution in [0, 0.1) is 17.2 Å². The number of hydrogen-bond donors (Lipinski definition) is 0. The van der Waals surface area contributed by atoms with E-state index in [9.17, 15) is 13.2 Å². The van der Waals surface area contributed by atoms with Gasteiger partial charge in [0.15, 0.2) is 0 Å². The first kappa shape index (κ1) is 20.3. The average molecular weight is 419 g/mol. The van der Waals surface area contributed by atoms with Gasteiger partial charge in [-0.25, -0.2) is 8.42 Å². The molecule has 0 unspecified atom stereocenters. The number of ether oxygens (including phenoxy) is 1. The Morgan fingerprint density at radius 2 is 1.71 bits per heavy atom. The van der Waals surface area contributed by atoms with Crippen molar-refractivity contribution in [1.29, 1.82) is 5.26 Å². The molecule has 0 N–H and O–H groups in total. The van der Waals surface area contributed by atoms with Gasteiger partial charge < -0.3 is 4.74 Å².